The third kappa shape index (κ3) is 5.66. The van der Waals surface area contributed by atoms with Crippen LogP contribution in [-0.4, -0.2) is 15.5 Å². The third-order valence-electron chi connectivity index (χ3n) is 4.48. The predicted molar refractivity (Wildman–Crippen MR) is 119 cm³/mol. The molecule has 0 unspecified atom stereocenters. The minimum atomic E-state index is -3.71. The van der Waals surface area contributed by atoms with Gasteiger partial charge >= 0.3 is 0 Å². The monoisotopic (exact) mass is 446 g/mol. The van der Waals surface area contributed by atoms with Gasteiger partial charge < -0.3 is 14.8 Å². The molecule has 8 heteroatoms. The Kier molecular flexibility index (Phi) is 6.87. The molecule has 0 saturated heterocycles. The molecule has 3 aromatic rings. The molecule has 0 fully saturated rings. The Morgan fingerprint density at radius 3 is 2.40 bits per heavy atom. The van der Waals surface area contributed by atoms with Crippen LogP contribution in [0.1, 0.15) is 16.7 Å². The summed E-state index contributed by atoms with van der Waals surface area (Å²) in [5.74, 6) is 1.14. The molecule has 6 nitrogen and oxygen atoms in total. The topological polar surface area (TPSA) is 90.6 Å². The van der Waals surface area contributed by atoms with Crippen LogP contribution in [0.4, 0.5) is 5.69 Å². The number of nitrogens with two attached hydrogens (primary N) is 1. The first kappa shape index (κ1) is 22.0. The van der Waals surface area contributed by atoms with Gasteiger partial charge in [-0.15, -0.1) is 0 Å². The van der Waals surface area contributed by atoms with Crippen molar-refractivity contribution in [3.05, 3.63) is 82.4 Å². The maximum Gasteiger partial charge on any atom is 0.238 e. The van der Waals surface area contributed by atoms with Crippen molar-refractivity contribution in [1.82, 2.24) is 0 Å². The van der Waals surface area contributed by atoms with Crippen LogP contribution >= 0.6 is 11.6 Å². The standard InChI is InChI=1S/C22H23ClN2O4S/c1-15-4-3-5-16(10-15)14-29-22-12-20(23)17(11-21(22)28-2)13-25-18-6-8-19(9-7-18)30(24,26)27/h3-12,25H,13-14H2,1-2H3,(H2,24,26,27). The molecule has 0 radical (unpaired) electrons. The van der Waals surface area contributed by atoms with E-state index in [4.69, 9.17) is 26.2 Å². The second-order valence-electron chi connectivity index (χ2n) is 6.80. The summed E-state index contributed by atoms with van der Waals surface area (Å²) in [6, 6.07) is 17.8. The number of anilines is 1. The van der Waals surface area contributed by atoms with Gasteiger partial charge in [0.15, 0.2) is 11.5 Å². The number of sulfonamides is 1. The van der Waals surface area contributed by atoms with Gasteiger partial charge in [-0.3, -0.25) is 0 Å². The Morgan fingerprint density at radius 2 is 1.77 bits per heavy atom. The molecule has 3 rings (SSSR count). The van der Waals surface area contributed by atoms with Crippen molar-refractivity contribution in [2.45, 2.75) is 25.0 Å². The van der Waals surface area contributed by atoms with Crippen LogP contribution in [0.25, 0.3) is 0 Å². The third-order valence-corrected chi connectivity index (χ3v) is 5.76. The number of halogens is 1. The van der Waals surface area contributed by atoms with E-state index in [0.29, 0.717) is 29.7 Å². The number of primary sulfonamides is 1. The zero-order chi connectivity index (χ0) is 21.7. The summed E-state index contributed by atoms with van der Waals surface area (Å²) in [5, 5.41) is 8.85. The van der Waals surface area contributed by atoms with Gasteiger partial charge in [-0.2, -0.15) is 0 Å². The molecule has 0 aliphatic rings. The van der Waals surface area contributed by atoms with E-state index in [2.05, 4.69) is 11.4 Å². The van der Waals surface area contributed by atoms with Crippen LogP contribution in [0.5, 0.6) is 11.5 Å². The van der Waals surface area contributed by atoms with E-state index in [-0.39, 0.29) is 4.90 Å². The highest BCUT2D eigenvalue weighted by atomic mass is 35.5. The summed E-state index contributed by atoms with van der Waals surface area (Å²) in [6.45, 7) is 2.86. The normalized spacial score (nSPS) is 11.2. The van der Waals surface area contributed by atoms with Gasteiger partial charge in [-0.25, -0.2) is 13.6 Å². The van der Waals surface area contributed by atoms with E-state index in [1.165, 1.54) is 17.7 Å². The number of ether oxygens (including phenoxy) is 2. The van der Waals surface area contributed by atoms with E-state index in [1.54, 1.807) is 25.3 Å². The Hall–Kier alpha value is -2.74. The van der Waals surface area contributed by atoms with Crippen LogP contribution in [0.2, 0.25) is 5.02 Å². The van der Waals surface area contributed by atoms with Gasteiger partial charge in [0.1, 0.15) is 6.61 Å². The lowest BCUT2D eigenvalue weighted by atomic mass is 10.1. The number of hydrogen-bond donors (Lipinski definition) is 2. The van der Waals surface area contributed by atoms with Crippen LogP contribution in [0.15, 0.2) is 65.6 Å². The Morgan fingerprint density at radius 1 is 1.03 bits per heavy atom. The largest absolute Gasteiger partial charge is 0.493 e. The molecule has 0 aliphatic heterocycles. The molecular weight excluding hydrogens is 424 g/mol. The van der Waals surface area contributed by atoms with E-state index in [9.17, 15) is 8.42 Å². The molecule has 30 heavy (non-hydrogen) atoms. The first-order valence-electron chi connectivity index (χ1n) is 9.18. The highest BCUT2D eigenvalue weighted by molar-refractivity contribution is 7.89. The summed E-state index contributed by atoms with van der Waals surface area (Å²) < 4.78 is 34.1. The molecule has 0 amide bonds. The van der Waals surface area contributed by atoms with Crippen molar-refractivity contribution in [3.63, 3.8) is 0 Å². The molecule has 0 bridgehead atoms. The van der Waals surface area contributed by atoms with Gasteiger partial charge in [0.05, 0.1) is 12.0 Å². The molecule has 158 valence electrons. The van der Waals surface area contributed by atoms with Crippen LogP contribution in [0.3, 0.4) is 0 Å². The maximum atomic E-state index is 11.3. The highest BCUT2D eigenvalue weighted by Crippen LogP contribution is 2.34. The lowest BCUT2D eigenvalue weighted by molar-refractivity contribution is 0.284. The molecule has 0 heterocycles. The SMILES string of the molecule is COc1cc(CNc2ccc(S(N)(=O)=O)cc2)c(Cl)cc1OCc1cccc(C)c1. The van der Waals surface area contributed by atoms with Crippen LogP contribution in [-0.2, 0) is 23.2 Å². The summed E-state index contributed by atoms with van der Waals surface area (Å²) in [4.78, 5) is 0.0582. The van der Waals surface area contributed by atoms with Crippen molar-refractivity contribution in [3.8, 4) is 11.5 Å². The molecular formula is C22H23ClN2O4S. The molecule has 0 saturated carbocycles. The first-order valence-corrected chi connectivity index (χ1v) is 11.1. The molecule has 0 spiro atoms. The van der Waals surface area contributed by atoms with Gasteiger partial charge in [0, 0.05) is 23.3 Å². The number of benzene rings is 3. The number of hydrogen-bond acceptors (Lipinski definition) is 5. The Labute approximate surface area is 181 Å². The molecule has 3 N–H and O–H groups in total. The average Bonchev–Trinajstić information content (AvgIpc) is 2.71. The number of methoxy groups -OCH3 is 1. The van der Waals surface area contributed by atoms with E-state index in [0.717, 1.165) is 16.8 Å². The van der Waals surface area contributed by atoms with Crippen LogP contribution < -0.4 is 19.9 Å². The maximum absolute atomic E-state index is 11.3. The second-order valence-corrected chi connectivity index (χ2v) is 8.76. The molecule has 0 atom stereocenters. The number of rotatable bonds is 8. The number of nitrogens with one attached hydrogen (secondary N) is 1. The lowest BCUT2D eigenvalue weighted by Gasteiger charge is -2.15. The average molecular weight is 447 g/mol. The van der Waals surface area contributed by atoms with Crippen molar-refractivity contribution in [1.29, 1.82) is 0 Å². The van der Waals surface area contributed by atoms with Crippen molar-refractivity contribution in [2.24, 2.45) is 5.14 Å². The summed E-state index contributed by atoms with van der Waals surface area (Å²) in [6.07, 6.45) is 0. The van der Waals surface area contributed by atoms with E-state index in [1.807, 2.05) is 31.2 Å². The quantitative estimate of drug-likeness (QED) is 0.531. The van der Waals surface area contributed by atoms with E-state index < -0.39 is 10.0 Å². The van der Waals surface area contributed by atoms with Gasteiger partial charge in [0.25, 0.3) is 0 Å². The fraction of sp³-hybridized carbons (Fsp3) is 0.182. The fourth-order valence-corrected chi connectivity index (χ4v) is 3.64. The second kappa shape index (κ2) is 9.38. The summed E-state index contributed by atoms with van der Waals surface area (Å²) in [7, 11) is -2.14. The lowest BCUT2D eigenvalue weighted by Crippen LogP contribution is -2.12. The molecule has 0 aliphatic carbocycles. The fourth-order valence-electron chi connectivity index (χ4n) is 2.91. The van der Waals surface area contributed by atoms with Gasteiger partial charge in [-0.05, 0) is 48.4 Å². The smallest absolute Gasteiger partial charge is 0.238 e. The molecule has 3 aromatic carbocycles. The van der Waals surface area contributed by atoms with Gasteiger partial charge in [0.2, 0.25) is 10.0 Å². The van der Waals surface area contributed by atoms with Crippen LogP contribution in [0, 0.1) is 6.92 Å². The Balaban J connectivity index is 1.70. The van der Waals surface area contributed by atoms with Crippen molar-refractivity contribution in [2.75, 3.05) is 12.4 Å². The summed E-state index contributed by atoms with van der Waals surface area (Å²) in [5.41, 5.74) is 3.77. The minimum Gasteiger partial charge on any atom is -0.493 e. The van der Waals surface area contributed by atoms with Crippen molar-refractivity contribution < 1.29 is 17.9 Å². The highest BCUT2D eigenvalue weighted by Gasteiger charge is 2.12. The number of aryl methyl sites for hydroxylation is 1. The predicted octanol–water partition coefficient (Wildman–Crippen LogP) is 4.50. The summed E-state index contributed by atoms with van der Waals surface area (Å²) >= 11 is 6.45. The first-order chi connectivity index (χ1) is 14.3. The van der Waals surface area contributed by atoms with Crippen molar-refractivity contribution >= 4 is 27.3 Å². The van der Waals surface area contributed by atoms with E-state index >= 15 is 0 Å². The zero-order valence-corrected chi connectivity index (χ0v) is 18.3. The minimum absolute atomic E-state index is 0.0582. The zero-order valence-electron chi connectivity index (χ0n) is 16.7. The van der Waals surface area contributed by atoms with Gasteiger partial charge in [-0.1, -0.05) is 41.4 Å². The Bertz CT molecular complexity index is 1130. The molecule has 0 aromatic heterocycles.